The third kappa shape index (κ3) is 1.58. The average molecular weight is 194 g/mol. The molecule has 3 heteroatoms. The molecule has 76 valence electrons. The van der Waals surface area contributed by atoms with Gasteiger partial charge in [0.05, 0.1) is 0 Å². The van der Waals surface area contributed by atoms with Gasteiger partial charge in [0.25, 0.3) is 0 Å². The summed E-state index contributed by atoms with van der Waals surface area (Å²) in [4.78, 5) is 10.8. The summed E-state index contributed by atoms with van der Waals surface area (Å²) < 4.78 is 0. The number of carbonyl (C=O) groups is 1. The molecule has 0 radical (unpaired) electrons. The van der Waals surface area contributed by atoms with E-state index < -0.39 is 5.97 Å². The second-order valence-corrected chi connectivity index (χ2v) is 3.34. The molecule has 0 aliphatic heterocycles. The van der Waals surface area contributed by atoms with Gasteiger partial charge in [-0.15, -0.1) is 0 Å². The number of carboxylic acids is 1. The van der Waals surface area contributed by atoms with Crippen LogP contribution < -0.4 is 0 Å². The molecule has 0 bridgehead atoms. The Kier molecular flexibility index (Phi) is 2.79. The first-order valence-electron chi connectivity index (χ1n) is 4.54. The maximum Gasteiger partial charge on any atom is 0.339 e. The fourth-order valence-electron chi connectivity index (χ4n) is 1.50. The Labute approximate surface area is 83.0 Å². The number of aromatic carboxylic acids is 1. The molecule has 0 fully saturated rings. The number of hydrogen-bond acceptors (Lipinski definition) is 2. The van der Waals surface area contributed by atoms with Gasteiger partial charge >= 0.3 is 5.97 Å². The average Bonchev–Trinajstić information content (AvgIpc) is 2.14. The number of phenols is 1. The van der Waals surface area contributed by atoms with Crippen molar-refractivity contribution >= 4 is 5.97 Å². The summed E-state index contributed by atoms with van der Waals surface area (Å²) in [6, 6.07) is 1.54. The number of benzene rings is 1. The van der Waals surface area contributed by atoms with Gasteiger partial charge in [0.15, 0.2) is 0 Å². The fourth-order valence-corrected chi connectivity index (χ4v) is 1.50. The summed E-state index contributed by atoms with van der Waals surface area (Å²) in [6.45, 7) is 5.58. The zero-order valence-electron chi connectivity index (χ0n) is 8.59. The standard InChI is InChI=1S/C11H14O3/c1-4-8-5-9(11(13)14)10(12)7(3)6(8)2/h5,12H,4H2,1-3H3,(H,13,14). The maximum atomic E-state index is 10.8. The van der Waals surface area contributed by atoms with E-state index in [-0.39, 0.29) is 11.3 Å². The van der Waals surface area contributed by atoms with Crippen molar-refractivity contribution < 1.29 is 15.0 Å². The molecule has 0 saturated carbocycles. The van der Waals surface area contributed by atoms with E-state index in [0.717, 1.165) is 17.5 Å². The molecule has 0 aliphatic carbocycles. The lowest BCUT2D eigenvalue weighted by Crippen LogP contribution is -2.02. The Morgan fingerprint density at radius 1 is 1.36 bits per heavy atom. The lowest BCUT2D eigenvalue weighted by Gasteiger charge is -2.11. The van der Waals surface area contributed by atoms with Crippen LogP contribution in [0.1, 0.15) is 34.0 Å². The molecule has 0 heterocycles. The van der Waals surface area contributed by atoms with Gasteiger partial charge in [0, 0.05) is 0 Å². The Morgan fingerprint density at radius 3 is 2.36 bits per heavy atom. The second-order valence-electron chi connectivity index (χ2n) is 3.34. The number of hydrogen-bond donors (Lipinski definition) is 2. The molecule has 14 heavy (non-hydrogen) atoms. The largest absolute Gasteiger partial charge is 0.507 e. The van der Waals surface area contributed by atoms with E-state index in [0.29, 0.717) is 5.56 Å². The molecule has 3 nitrogen and oxygen atoms in total. The predicted octanol–water partition coefficient (Wildman–Crippen LogP) is 2.27. The molecule has 1 rings (SSSR count). The first-order chi connectivity index (χ1) is 6.49. The van der Waals surface area contributed by atoms with Crippen LogP contribution in [0, 0.1) is 13.8 Å². The molecular formula is C11H14O3. The third-order valence-corrected chi connectivity index (χ3v) is 2.58. The van der Waals surface area contributed by atoms with Crippen LogP contribution in [0.3, 0.4) is 0 Å². The Morgan fingerprint density at radius 2 is 1.93 bits per heavy atom. The molecule has 0 spiro atoms. The quantitative estimate of drug-likeness (QED) is 0.759. The van der Waals surface area contributed by atoms with Crippen molar-refractivity contribution in [3.8, 4) is 5.75 Å². The van der Waals surface area contributed by atoms with Crippen LogP contribution in [0.2, 0.25) is 0 Å². The van der Waals surface area contributed by atoms with E-state index in [9.17, 15) is 9.90 Å². The van der Waals surface area contributed by atoms with E-state index >= 15 is 0 Å². The van der Waals surface area contributed by atoms with E-state index in [1.54, 1.807) is 13.0 Å². The molecule has 0 saturated heterocycles. The van der Waals surface area contributed by atoms with Gasteiger partial charge in [-0.05, 0) is 43.0 Å². The Bertz CT molecular complexity index is 381. The summed E-state index contributed by atoms with van der Waals surface area (Å²) in [5, 5.41) is 18.4. The fraction of sp³-hybridized carbons (Fsp3) is 0.364. The summed E-state index contributed by atoms with van der Waals surface area (Å²) in [5.41, 5.74) is 2.58. The molecule has 0 aliphatic rings. The Hall–Kier alpha value is -1.51. The van der Waals surface area contributed by atoms with E-state index in [4.69, 9.17) is 5.11 Å². The van der Waals surface area contributed by atoms with Crippen molar-refractivity contribution in [3.05, 3.63) is 28.3 Å². The molecule has 1 aromatic carbocycles. The molecule has 0 amide bonds. The minimum atomic E-state index is -1.08. The normalized spacial score (nSPS) is 10.2. The molecule has 0 unspecified atom stereocenters. The zero-order valence-corrected chi connectivity index (χ0v) is 8.59. The first-order valence-corrected chi connectivity index (χ1v) is 4.54. The summed E-state index contributed by atoms with van der Waals surface area (Å²) >= 11 is 0. The summed E-state index contributed by atoms with van der Waals surface area (Å²) in [5.74, 6) is -1.20. The summed E-state index contributed by atoms with van der Waals surface area (Å²) in [6.07, 6.45) is 0.771. The van der Waals surface area contributed by atoms with Crippen LogP contribution in [0.5, 0.6) is 5.75 Å². The predicted molar refractivity (Wildman–Crippen MR) is 53.9 cm³/mol. The number of rotatable bonds is 2. The van der Waals surface area contributed by atoms with Gasteiger partial charge in [-0.1, -0.05) is 6.92 Å². The Balaban J connectivity index is 3.48. The highest BCUT2D eigenvalue weighted by atomic mass is 16.4. The number of aromatic hydroxyl groups is 1. The van der Waals surface area contributed by atoms with Crippen molar-refractivity contribution in [2.75, 3.05) is 0 Å². The van der Waals surface area contributed by atoms with Crippen molar-refractivity contribution in [1.29, 1.82) is 0 Å². The van der Waals surface area contributed by atoms with Crippen LogP contribution in [-0.2, 0) is 6.42 Å². The maximum absolute atomic E-state index is 10.8. The van der Waals surface area contributed by atoms with Crippen molar-refractivity contribution in [3.63, 3.8) is 0 Å². The smallest absolute Gasteiger partial charge is 0.339 e. The van der Waals surface area contributed by atoms with E-state index in [1.807, 2.05) is 13.8 Å². The molecule has 0 aromatic heterocycles. The van der Waals surface area contributed by atoms with Crippen molar-refractivity contribution in [1.82, 2.24) is 0 Å². The van der Waals surface area contributed by atoms with Gasteiger partial charge < -0.3 is 10.2 Å². The van der Waals surface area contributed by atoms with Gasteiger partial charge in [0.1, 0.15) is 11.3 Å². The SMILES string of the molecule is CCc1cc(C(=O)O)c(O)c(C)c1C. The van der Waals surface area contributed by atoms with Gasteiger partial charge in [-0.3, -0.25) is 0 Å². The molecule has 0 atom stereocenters. The number of carboxylic acid groups (broad SMARTS) is 1. The second kappa shape index (κ2) is 3.70. The lowest BCUT2D eigenvalue weighted by molar-refractivity contribution is 0.0693. The summed E-state index contributed by atoms with van der Waals surface area (Å²) in [7, 11) is 0. The highest BCUT2D eigenvalue weighted by Gasteiger charge is 2.15. The third-order valence-electron chi connectivity index (χ3n) is 2.58. The van der Waals surface area contributed by atoms with Crippen LogP contribution in [-0.4, -0.2) is 16.2 Å². The van der Waals surface area contributed by atoms with E-state index in [2.05, 4.69) is 0 Å². The van der Waals surface area contributed by atoms with Crippen LogP contribution in [0.15, 0.2) is 6.07 Å². The highest BCUT2D eigenvalue weighted by Crippen LogP contribution is 2.28. The molecule has 2 N–H and O–H groups in total. The van der Waals surface area contributed by atoms with Gasteiger partial charge in [-0.2, -0.15) is 0 Å². The molecule has 1 aromatic rings. The first kappa shape index (κ1) is 10.6. The van der Waals surface area contributed by atoms with E-state index in [1.165, 1.54) is 0 Å². The van der Waals surface area contributed by atoms with Crippen LogP contribution in [0.25, 0.3) is 0 Å². The van der Waals surface area contributed by atoms with Crippen molar-refractivity contribution in [2.45, 2.75) is 27.2 Å². The van der Waals surface area contributed by atoms with Gasteiger partial charge in [0.2, 0.25) is 0 Å². The minimum Gasteiger partial charge on any atom is -0.507 e. The highest BCUT2D eigenvalue weighted by molar-refractivity contribution is 5.91. The number of aryl methyl sites for hydroxylation is 1. The minimum absolute atomic E-state index is 0.00931. The monoisotopic (exact) mass is 194 g/mol. The van der Waals surface area contributed by atoms with Crippen LogP contribution in [0.4, 0.5) is 0 Å². The zero-order chi connectivity index (χ0) is 10.9. The molecular weight excluding hydrogens is 180 g/mol. The topological polar surface area (TPSA) is 57.5 Å². The van der Waals surface area contributed by atoms with Crippen molar-refractivity contribution in [2.24, 2.45) is 0 Å². The van der Waals surface area contributed by atoms with Crippen LogP contribution >= 0.6 is 0 Å². The van der Waals surface area contributed by atoms with Gasteiger partial charge in [-0.25, -0.2) is 4.79 Å². The lowest BCUT2D eigenvalue weighted by atomic mass is 9.97.